The normalized spacial score (nSPS) is 10.1. The van der Waals surface area contributed by atoms with Crippen LogP contribution in [0.15, 0.2) is 29.0 Å². The first-order chi connectivity index (χ1) is 8.69. The predicted octanol–water partition coefficient (Wildman–Crippen LogP) is 2.06. The fourth-order valence-corrected chi connectivity index (χ4v) is 1.54. The minimum absolute atomic E-state index is 0.242. The quantitative estimate of drug-likeness (QED) is 0.863. The number of carbonyl (C=O) groups is 1. The minimum Gasteiger partial charge on any atom is -0.370 e. The maximum absolute atomic E-state index is 12.0. The van der Waals surface area contributed by atoms with Crippen LogP contribution in [0.3, 0.4) is 0 Å². The summed E-state index contributed by atoms with van der Waals surface area (Å²) in [6, 6.07) is 5.00. The second-order valence-electron chi connectivity index (χ2n) is 3.75. The summed E-state index contributed by atoms with van der Waals surface area (Å²) >= 11 is 0. The Labute approximate surface area is 104 Å². The van der Waals surface area contributed by atoms with Gasteiger partial charge in [-0.25, -0.2) is 4.98 Å². The third kappa shape index (κ3) is 2.85. The molecule has 2 aromatic rings. The van der Waals surface area contributed by atoms with E-state index in [1.807, 2.05) is 13.8 Å². The third-order valence-corrected chi connectivity index (χ3v) is 2.25. The smallest absolute Gasteiger partial charge is 0.257 e. The highest BCUT2D eigenvalue weighted by molar-refractivity contribution is 6.04. The van der Waals surface area contributed by atoms with Crippen molar-refractivity contribution >= 4 is 17.5 Å². The molecule has 0 unspecified atom stereocenters. The van der Waals surface area contributed by atoms with Crippen molar-refractivity contribution < 1.29 is 9.32 Å². The SMILES string of the molecule is CCNc1cc(C(=O)Nc2ccon2)cc(C)n1. The topological polar surface area (TPSA) is 80.0 Å². The average Bonchev–Trinajstić information content (AvgIpc) is 2.81. The first-order valence-electron chi connectivity index (χ1n) is 5.63. The van der Waals surface area contributed by atoms with Gasteiger partial charge in [0.25, 0.3) is 5.91 Å². The van der Waals surface area contributed by atoms with Gasteiger partial charge < -0.3 is 15.2 Å². The molecule has 2 rings (SSSR count). The first-order valence-corrected chi connectivity index (χ1v) is 5.63. The molecule has 0 atom stereocenters. The van der Waals surface area contributed by atoms with Crippen molar-refractivity contribution in [3.8, 4) is 0 Å². The van der Waals surface area contributed by atoms with Crippen molar-refractivity contribution in [2.45, 2.75) is 13.8 Å². The predicted molar refractivity (Wildman–Crippen MR) is 67.6 cm³/mol. The zero-order valence-electron chi connectivity index (χ0n) is 10.2. The lowest BCUT2D eigenvalue weighted by atomic mass is 10.2. The van der Waals surface area contributed by atoms with Crippen LogP contribution in [0.25, 0.3) is 0 Å². The van der Waals surface area contributed by atoms with Gasteiger partial charge in [-0.1, -0.05) is 5.16 Å². The Bertz CT molecular complexity index is 537. The summed E-state index contributed by atoms with van der Waals surface area (Å²) in [5, 5.41) is 9.34. The van der Waals surface area contributed by atoms with E-state index in [-0.39, 0.29) is 5.91 Å². The number of hydrogen-bond donors (Lipinski definition) is 2. The summed E-state index contributed by atoms with van der Waals surface area (Å²) < 4.78 is 4.65. The molecule has 6 heteroatoms. The van der Waals surface area contributed by atoms with E-state index in [0.717, 1.165) is 12.2 Å². The van der Waals surface area contributed by atoms with Crippen LogP contribution >= 0.6 is 0 Å². The minimum atomic E-state index is -0.242. The Morgan fingerprint density at radius 2 is 2.22 bits per heavy atom. The fourth-order valence-electron chi connectivity index (χ4n) is 1.54. The highest BCUT2D eigenvalue weighted by Gasteiger charge is 2.10. The molecule has 1 amide bonds. The fraction of sp³-hybridized carbons (Fsp3) is 0.250. The number of pyridine rings is 1. The molecule has 94 valence electrons. The molecule has 0 aliphatic carbocycles. The van der Waals surface area contributed by atoms with Crippen molar-refractivity contribution in [3.63, 3.8) is 0 Å². The van der Waals surface area contributed by atoms with E-state index in [4.69, 9.17) is 0 Å². The van der Waals surface area contributed by atoms with E-state index in [9.17, 15) is 4.79 Å². The lowest BCUT2D eigenvalue weighted by molar-refractivity contribution is 0.102. The molecule has 0 bridgehead atoms. The molecule has 0 saturated carbocycles. The van der Waals surface area contributed by atoms with E-state index in [0.29, 0.717) is 17.2 Å². The summed E-state index contributed by atoms with van der Waals surface area (Å²) in [5.41, 5.74) is 1.31. The number of aromatic nitrogens is 2. The Kier molecular flexibility index (Phi) is 3.57. The van der Waals surface area contributed by atoms with Gasteiger partial charge in [0.2, 0.25) is 0 Å². The van der Waals surface area contributed by atoms with Gasteiger partial charge in [0.05, 0.1) is 0 Å². The van der Waals surface area contributed by atoms with Crippen LogP contribution in [0.5, 0.6) is 0 Å². The van der Waals surface area contributed by atoms with Gasteiger partial charge in [-0.3, -0.25) is 4.79 Å². The van der Waals surface area contributed by atoms with Crippen molar-refractivity contribution in [3.05, 3.63) is 35.7 Å². The van der Waals surface area contributed by atoms with E-state index < -0.39 is 0 Å². The second kappa shape index (κ2) is 5.31. The maximum Gasteiger partial charge on any atom is 0.257 e. The molecular weight excluding hydrogens is 232 g/mol. The van der Waals surface area contributed by atoms with Gasteiger partial charge >= 0.3 is 0 Å². The summed E-state index contributed by atoms with van der Waals surface area (Å²) in [4.78, 5) is 16.3. The lowest BCUT2D eigenvalue weighted by Crippen LogP contribution is -2.13. The molecule has 2 aromatic heterocycles. The van der Waals surface area contributed by atoms with Crippen molar-refractivity contribution in [1.82, 2.24) is 10.1 Å². The molecule has 2 heterocycles. The highest BCUT2D eigenvalue weighted by Crippen LogP contribution is 2.12. The summed E-state index contributed by atoms with van der Waals surface area (Å²) in [7, 11) is 0. The third-order valence-electron chi connectivity index (χ3n) is 2.25. The van der Waals surface area contributed by atoms with Crippen molar-refractivity contribution in [2.75, 3.05) is 17.2 Å². The summed E-state index contributed by atoms with van der Waals surface area (Å²) in [6.07, 6.45) is 1.40. The standard InChI is InChI=1S/C12H14N4O2/c1-3-13-11-7-9(6-8(2)14-11)12(17)15-10-4-5-18-16-10/h4-7H,3H2,1-2H3,(H,13,14)(H,15,16,17). The number of aryl methyl sites for hydroxylation is 1. The van der Waals surface area contributed by atoms with Crippen LogP contribution in [-0.4, -0.2) is 22.6 Å². The molecule has 0 radical (unpaired) electrons. The molecular formula is C12H14N4O2. The Morgan fingerprint density at radius 3 is 2.89 bits per heavy atom. The van der Waals surface area contributed by atoms with Crippen LogP contribution in [-0.2, 0) is 0 Å². The average molecular weight is 246 g/mol. The van der Waals surface area contributed by atoms with Crippen molar-refractivity contribution in [1.29, 1.82) is 0 Å². The van der Waals surface area contributed by atoms with E-state index >= 15 is 0 Å². The highest BCUT2D eigenvalue weighted by atomic mass is 16.5. The number of hydrogen-bond acceptors (Lipinski definition) is 5. The molecule has 2 N–H and O–H groups in total. The Balaban J connectivity index is 2.19. The van der Waals surface area contributed by atoms with Gasteiger partial charge in [0.1, 0.15) is 12.1 Å². The molecule has 0 saturated heterocycles. The summed E-state index contributed by atoms with van der Waals surface area (Å²) in [5.74, 6) is 0.829. The van der Waals surface area contributed by atoms with Gasteiger partial charge in [0, 0.05) is 23.9 Å². The van der Waals surface area contributed by atoms with E-state index in [2.05, 4.69) is 25.3 Å². The number of carbonyl (C=O) groups excluding carboxylic acids is 1. The van der Waals surface area contributed by atoms with Crippen LogP contribution in [0.2, 0.25) is 0 Å². The van der Waals surface area contributed by atoms with E-state index in [1.165, 1.54) is 6.26 Å². The second-order valence-corrected chi connectivity index (χ2v) is 3.75. The van der Waals surface area contributed by atoms with Crippen LogP contribution < -0.4 is 10.6 Å². The van der Waals surface area contributed by atoms with Gasteiger partial charge in [0.15, 0.2) is 5.82 Å². The Hall–Kier alpha value is -2.37. The number of nitrogens with zero attached hydrogens (tertiary/aromatic N) is 2. The molecule has 0 fully saturated rings. The lowest BCUT2D eigenvalue weighted by Gasteiger charge is -2.07. The van der Waals surface area contributed by atoms with Gasteiger partial charge in [-0.05, 0) is 26.0 Å². The molecule has 0 aromatic carbocycles. The number of amides is 1. The molecule has 6 nitrogen and oxygen atoms in total. The van der Waals surface area contributed by atoms with Gasteiger partial charge in [-0.2, -0.15) is 0 Å². The molecule has 0 aliphatic rings. The zero-order valence-corrected chi connectivity index (χ0v) is 10.2. The zero-order chi connectivity index (χ0) is 13.0. The van der Waals surface area contributed by atoms with Gasteiger partial charge in [-0.15, -0.1) is 0 Å². The first kappa shape index (κ1) is 12.1. The molecule has 0 aliphatic heterocycles. The summed E-state index contributed by atoms with van der Waals surface area (Å²) in [6.45, 7) is 4.56. The van der Waals surface area contributed by atoms with Crippen LogP contribution in [0, 0.1) is 6.92 Å². The number of rotatable bonds is 4. The Morgan fingerprint density at radius 1 is 1.39 bits per heavy atom. The number of nitrogens with one attached hydrogen (secondary N) is 2. The monoisotopic (exact) mass is 246 g/mol. The van der Waals surface area contributed by atoms with Crippen molar-refractivity contribution in [2.24, 2.45) is 0 Å². The maximum atomic E-state index is 12.0. The van der Waals surface area contributed by atoms with E-state index in [1.54, 1.807) is 18.2 Å². The number of anilines is 2. The molecule has 18 heavy (non-hydrogen) atoms. The van der Waals surface area contributed by atoms with Crippen LogP contribution in [0.1, 0.15) is 23.0 Å². The molecule has 0 spiro atoms. The van der Waals surface area contributed by atoms with Crippen LogP contribution in [0.4, 0.5) is 11.6 Å². The largest absolute Gasteiger partial charge is 0.370 e.